The molecule has 126 valence electrons. The summed E-state index contributed by atoms with van der Waals surface area (Å²) in [7, 11) is 3.44. The van der Waals surface area contributed by atoms with Crippen molar-refractivity contribution in [2.24, 2.45) is 4.99 Å². The summed E-state index contributed by atoms with van der Waals surface area (Å²) in [4.78, 5) is 4.18. The van der Waals surface area contributed by atoms with Gasteiger partial charge >= 0.3 is 0 Å². The van der Waals surface area contributed by atoms with Gasteiger partial charge in [-0.1, -0.05) is 29.3 Å². The molecular formula is C15H24Cl2IN3O. The Hall–Kier alpha value is -0.240. The molecule has 1 aromatic rings. The van der Waals surface area contributed by atoms with Crippen LogP contribution in [-0.2, 0) is 11.2 Å². The van der Waals surface area contributed by atoms with E-state index in [0.29, 0.717) is 11.6 Å². The largest absolute Gasteiger partial charge is 0.383 e. The summed E-state index contributed by atoms with van der Waals surface area (Å²) in [5.41, 5.74) is 1.11. The molecule has 1 atom stereocenters. The van der Waals surface area contributed by atoms with Crippen molar-refractivity contribution in [1.82, 2.24) is 10.6 Å². The van der Waals surface area contributed by atoms with Gasteiger partial charge in [0.25, 0.3) is 0 Å². The van der Waals surface area contributed by atoms with Crippen molar-refractivity contribution >= 4 is 53.1 Å². The van der Waals surface area contributed by atoms with E-state index in [1.54, 1.807) is 20.2 Å². The van der Waals surface area contributed by atoms with Gasteiger partial charge in [0.1, 0.15) is 0 Å². The normalized spacial score (nSPS) is 12.5. The Labute approximate surface area is 160 Å². The smallest absolute Gasteiger partial charge is 0.191 e. The maximum Gasteiger partial charge on any atom is 0.191 e. The number of hydrogen-bond acceptors (Lipinski definition) is 2. The molecule has 0 aliphatic carbocycles. The molecule has 0 aliphatic heterocycles. The Balaban J connectivity index is 0.00000441. The van der Waals surface area contributed by atoms with Crippen molar-refractivity contribution in [2.45, 2.75) is 25.8 Å². The first-order chi connectivity index (χ1) is 10.1. The summed E-state index contributed by atoms with van der Waals surface area (Å²) in [5, 5.41) is 7.92. The van der Waals surface area contributed by atoms with Crippen LogP contribution in [-0.4, -0.2) is 39.3 Å². The van der Waals surface area contributed by atoms with Crippen LogP contribution in [0.1, 0.15) is 18.9 Å². The highest BCUT2D eigenvalue weighted by molar-refractivity contribution is 14.0. The highest BCUT2D eigenvalue weighted by atomic mass is 127. The topological polar surface area (TPSA) is 45.7 Å². The van der Waals surface area contributed by atoms with Gasteiger partial charge in [-0.15, -0.1) is 24.0 Å². The lowest BCUT2D eigenvalue weighted by molar-refractivity contribution is 0.179. The predicted molar refractivity (Wildman–Crippen MR) is 106 cm³/mol. The minimum atomic E-state index is 0. The van der Waals surface area contributed by atoms with Gasteiger partial charge in [0, 0.05) is 36.8 Å². The van der Waals surface area contributed by atoms with Crippen LogP contribution >= 0.6 is 47.2 Å². The summed E-state index contributed by atoms with van der Waals surface area (Å²) in [5.74, 6) is 0.779. The van der Waals surface area contributed by atoms with Gasteiger partial charge < -0.3 is 15.4 Å². The molecule has 0 aliphatic rings. The standard InChI is InChI=1S/C15H23Cl2N3O.HI/c1-11(10-21-3)20-15(18-2)19-8-4-5-12-6-7-13(16)9-14(12)17;/h6-7,9,11H,4-5,8,10H2,1-3H3,(H2,18,19,20);1H. The number of ether oxygens (including phenoxy) is 1. The van der Waals surface area contributed by atoms with Gasteiger partial charge in [0.15, 0.2) is 5.96 Å². The molecule has 1 unspecified atom stereocenters. The third kappa shape index (κ3) is 8.41. The van der Waals surface area contributed by atoms with E-state index in [0.717, 1.165) is 35.9 Å². The molecule has 2 N–H and O–H groups in total. The molecule has 0 amide bonds. The Morgan fingerprint density at radius 3 is 2.68 bits per heavy atom. The van der Waals surface area contributed by atoms with Crippen molar-refractivity contribution < 1.29 is 4.74 Å². The van der Waals surface area contributed by atoms with Gasteiger partial charge in [0.05, 0.1) is 6.61 Å². The molecule has 0 heterocycles. The number of aliphatic imine (C=N–C) groups is 1. The molecule has 0 radical (unpaired) electrons. The lowest BCUT2D eigenvalue weighted by Crippen LogP contribution is -2.44. The maximum atomic E-state index is 6.15. The van der Waals surface area contributed by atoms with Crippen molar-refractivity contribution in [3.05, 3.63) is 33.8 Å². The van der Waals surface area contributed by atoms with Crippen LogP contribution in [0.15, 0.2) is 23.2 Å². The molecule has 0 spiro atoms. The first kappa shape index (κ1) is 21.8. The lowest BCUT2D eigenvalue weighted by atomic mass is 10.1. The predicted octanol–water partition coefficient (Wildman–Crippen LogP) is 3.74. The second kappa shape index (κ2) is 12.2. The summed E-state index contributed by atoms with van der Waals surface area (Å²) in [6.07, 6.45) is 1.86. The number of methoxy groups -OCH3 is 1. The van der Waals surface area contributed by atoms with Gasteiger partial charge in [-0.2, -0.15) is 0 Å². The third-order valence-corrected chi connectivity index (χ3v) is 3.54. The number of nitrogens with zero attached hydrogens (tertiary/aromatic N) is 1. The van der Waals surface area contributed by atoms with Gasteiger partial charge in [-0.25, -0.2) is 0 Å². The molecule has 0 saturated heterocycles. The van der Waals surface area contributed by atoms with Crippen LogP contribution in [0.3, 0.4) is 0 Å². The molecule has 0 bridgehead atoms. The van der Waals surface area contributed by atoms with E-state index in [4.69, 9.17) is 27.9 Å². The zero-order valence-electron chi connectivity index (χ0n) is 13.2. The number of hydrogen-bond donors (Lipinski definition) is 2. The molecule has 0 fully saturated rings. The Morgan fingerprint density at radius 1 is 1.36 bits per heavy atom. The van der Waals surface area contributed by atoms with E-state index in [1.165, 1.54) is 0 Å². The van der Waals surface area contributed by atoms with E-state index >= 15 is 0 Å². The van der Waals surface area contributed by atoms with Crippen molar-refractivity contribution in [2.75, 3.05) is 27.3 Å². The first-order valence-corrected chi connectivity index (χ1v) is 7.72. The van der Waals surface area contributed by atoms with Crippen LogP contribution in [0.2, 0.25) is 10.0 Å². The Bertz CT molecular complexity index is 472. The fourth-order valence-electron chi connectivity index (χ4n) is 1.93. The fraction of sp³-hybridized carbons (Fsp3) is 0.533. The van der Waals surface area contributed by atoms with Crippen molar-refractivity contribution in [3.8, 4) is 0 Å². The van der Waals surface area contributed by atoms with E-state index in [9.17, 15) is 0 Å². The second-order valence-electron chi connectivity index (χ2n) is 4.84. The minimum Gasteiger partial charge on any atom is -0.383 e. The lowest BCUT2D eigenvalue weighted by Gasteiger charge is -2.17. The second-order valence-corrected chi connectivity index (χ2v) is 5.68. The molecule has 0 saturated carbocycles. The average Bonchev–Trinajstić information content (AvgIpc) is 2.44. The zero-order valence-corrected chi connectivity index (χ0v) is 17.0. The highest BCUT2D eigenvalue weighted by Crippen LogP contribution is 2.21. The molecule has 1 aromatic carbocycles. The maximum absolute atomic E-state index is 6.15. The SMILES string of the molecule is CN=C(NCCCc1ccc(Cl)cc1Cl)NC(C)COC.I. The molecule has 7 heteroatoms. The van der Waals surface area contributed by atoms with Crippen LogP contribution in [0, 0.1) is 0 Å². The van der Waals surface area contributed by atoms with Crippen molar-refractivity contribution in [1.29, 1.82) is 0 Å². The number of guanidine groups is 1. The van der Waals surface area contributed by atoms with E-state index in [-0.39, 0.29) is 30.0 Å². The fourth-order valence-corrected chi connectivity index (χ4v) is 2.43. The van der Waals surface area contributed by atoms with Gasteiger partial charge in [-0.3, -0.25) is 4.99 Å². The van der Waals surface area contributed by atoms with Crippen LogP contribution in [0.25, 0.3) is 0 Å². The summed E-state index contributed by atoms with van der Waals surface area (Å²) < 4.78 is 5.08. The number of halogens is 3. The number of aryl methyl sites for hydroxylation is 1. The number of nitrogens with one attached hydrogen (secondary N) is 2. The highest BCUT2D eigenvalue weighted by Gasteiger charge is 2.05. The monoisotopic (exact) mass is 459 g/mol. The first-order valence-electron chi connectivity index (χ1n) is 6.97. The average molecular weight is 460 g/mol. The van der Waals surface area contributed by atoms with Crippen molar-refractivity contribution in [3.63, 3.8) is 0 Å². The van der Waals surface area contributed by atoms with Gasteiger partial charge in [0.2, 0.25) is 0 Å². The summed E-state index contributed by atoms with van der Waals surface area (Å²) >= 11 is 12.0. The minimum absolute atomic E-state index is 0. The van der Waals surface area contributed by atoms with E-state index in [2.05, 4.69) is 15.6 Å². The molecule has 1 rings (SSSR count). The number of rotatable bonds is 7. The molecule has 0 aromatic heterocycles. The zero-order chi connectivity index (χ0) is 15.7. The molecule has 4 nitrogen and oxygen atoms in total. The molecule has 22 heavy (non-hydrogen) atoms. The van der Waals surface area contributed by atoms with Crippen LogP contribution in [0.5, 0.6) is 0 Å². The number of benzene rings is 1. The van der Waals surface area contributed by atoms with Crippen LogP contribution < -0.4 is 10.6 Å². The quantitative estimate of drug-likeness (QED) is 0.282. The Morgan fingerprint density at radius 2 is 2.09 bits per heavy atom. The summed E-state index contributed by atoms with van der Waals surface area (Å²) in [6.45, 7) is 3.50. The van der Waals surface area contributed by atoms with E-state index in [1.807, 2.05) is 19.1 Å². The van der Waals surface area contributed by atoms with Crippen LogP contribution in [0.4, 0.5) is 0 Å². The van der Waals surface area contributed by atoms with Gasteiger partial charge in [-0.05, 0) is 37.5 Å². The molecular weight excluding hydrogens is 436 g/mol. The van der Waals surface area contributed by atoms with E-state index < -0.39 is 0 Å². The summed E-state index contributed by atoms with van der Waals surface area (Å²) in [6, 6.07) is 5.83. The Kier molecular flexibility index (Phi) is 12.1. The third-order valence-electron chi connectivity index (χ3n) is 2.95.